The van der Waals surface area contributed by atoms with Crippen LogP contribution in [0.1, 0.15) is 5.56 Å². The summed E-state index contributed by atoms with van der Waals surface area (Å²) in [7, 11) is 0. The Hall–Kier alpha value is -1.90. The fourth-order valence-corrected chi connectivity index (χ4v) is 1.55. The highest BCUT2D eigenvalue weighted by Crippen LogP contribution is 2.28. The highest BCUT2D eigenvalue weighted by atomic mass is 19.2. The standard InChI is InChI=1S/C13H10F2O/c1-8-7-9(5-6-12(8)16)10-3-2-4-11(14)13(10)15/h2-7,16H,1H3. The molecule has 0 heterocycles. The van der Waals surface area contributed by atoms with Crippen LogP contribution >= 0.6 is 0 Å². The summed E-state index contributed by atoms with van der Waals surface area (Å²) >= 11 is 0. The molecule has 0 aliphatic heterocycles. The van der Waals surface area contributed by atoms with E-state index in [9.17, 15) is 13.9 Å². The molecular weight excluding hydrogens is 210 g/mol. The van der Waals surface area contributed by atoms with Gasteiger partial charge >= 0.3 is 0 Å². The van der Waals surface area contributed by atoms with Gasteiger partial charge in [-0.1, -0.05) is 18.2 Å². The lowest BCUT2D eigenvalue weighted by atomic mass is 10.0. The van der Waals surface area contributed by atoms with Gasteiger partial charge in [0.25, 0.3) is 0 Å². The smallest absolute Gasteiger partial charge is 0.166 e. The lowest BCUT2D eigenvalue weighted by Crippen LogP contribution is -1.89. The first-order valence-electron chi connectivity index (χ1n) is 4.83. The largest absolute Gasteiger partial charge is 0.508 e. The number of halogens is 2. The minimum absolute atomic E-state index is 0.139. The van der Waals surface area contributed by atoms with E-state index < -0.39 is 11.6 Å². The maximum absolute atomic E-state index is 13.5. The van der Waals surface area contributed by atoms with Crippen molar-refractivity contribution >= 4 is 0 Å². The molecule has 0 amide bonds. The highest BCUT2D eigenvalue weighted by molar-refractivity contribution is 5.66. The Balaban J connectivity index is 2.59. The van der Waals surface area contributed by atoms with Crippen LogP contribution in [0.3, 0.4) is 0 Å². The van der Waals surface area contributed by atoms with Gasteiger partial charge in [0.1, 0.15) is 5.75 Å². The summed E-state index contributed by atoms with van der Waals surface area (Å²) in [6, 6.07) is 8.68. The van der Waals surface area contributed by atoms with Crippen molar-refractivity contribution in [3.05, 3.63) is 53.6 Å². The molecule has 0 saturated carbocycles. The molecule has 16 heavy (non-hydrogen) atoms. The molecule has 82 valence electrons. The SMILES string of the molecule is Cc1cc(-c2cccc(F)c2F)ccc1O. The second-order valence-electron chi connectivity index (χ2n) is 3.60. The number of benzene rings is 2. The van der Waals surface area contributed by atoms with Gasteiger partial charge in [0.2, 0.25) is 0 Å². The molecule has 0 bridgehead atoms. The van der Waals surface area contributed by atoms with Crippen LogP contribution in [0.25, 0.3) is 11.1 Å². The summed E-state index contributed by atoms with van der Waals surface area (Å²) in [5, 5.41) is 9.35. The number of aryl methyl sites for hydroxylation is 1. The van der Waals surface area contributed by atoms with Gasteiger partial charge in [-0.3, -0.25) is 0 Å². The van der Waals surface area contributed by atoms with Crippen molar-refractivity contribution in [3.8, 4) is 16.9 Å². The molecule has 0 aliphatic carbocycles. The molecule has 2 rings (SSSR count). The third-order valence-corrected chi connectivity index (χ3v) is 2.46. The molecule has 0 unspecified atom stereocenters. The molecule has 0 radical (unpaired) electrons. The third kappa shape index (κ3) is 1.76. The van der Waals surface area contributed by atoms with Crippen LogP contribution < -0.4 is 0 Å². The van der Waals surface area contributed by atoms with Crippen LogP contribution in [0.2, 0.25) is 0 Å². The molecule has 2 aromatic rings. The van der Waals surface area contributed by atoms with Crippen molar-refractivity contribution in [2.75, 3.05) is 0 Å². The van der Waals surface area contributed by atoms with E-state index in [4.69, 9.17) is 0 Å². The minimum Gasteiger partial charge on any atom is -0.508 e. The Labute approximate surface area is 92.0 Å². The van der Waals surface area contributed by atoms with E-state index >= 15 is 0 Å². The van der Waals surface area contributed by atoms with Gasteiger partial charge in [-0.2, -0.15) is 0 Å². The maximum Gasteiger partial charge on any atom is 0.166 e. The Morgan fingerprint density at radius 3 is 2.50 bits per heavy atom. The van der Waals surface area contributed by atoms with E-state index in [-0.39, 0.29) is 11.3 Å². The lowest BCUT2D eigenvalue weighted by molar-refractivity contribution is 0.471. The average molecular weight is 220 g/mol. The monoisotopic (exact) mass is 220 g/mol. The lowest BCUT2D eigenvalue weighted by Gasteiger charge is -2.06. The predicted octanol–water partition coefficient (Wildman–Crippen LogP) is 3.65. The van der Waals surface area contributed by atoms with E-state index in [1.807, 2.05) is 0 Å². The van der Waals surface area contributed by atoms with Crippen molar-refractivity contribution in [2.24, 2.45) is 0 Å². The molecule has 1 nitrogen and oxygen atoms in total. The summed E-state index contributed by atoms with van der Waals surface area (Å²) in [6.45, 7) is 1.70. The van der Waals surface area contributed by atoms with Gasteiger partial charge in [-0.25, -0.2) is 8.78 Å². The Morgan fingerprint density at radius 2 is 1.81 bits per heavy atom. The average Bonchev–Trinajstić information content (AvgIpc) is 2.26. The first kappa shape index (κ1) is 10.6. The Morgan fingerprint density at radius 1 is 1.06 bits per heavy atom. The highest BCUT2D eigenvalue weighted by Gasteiger charge is 2.10. The van der Waals surface area contributed by atoms with Gasteiger partial charge in [0, 0.05) is 5.56 Å². The molecular formula is C13H10F2O. The van der Waals surface area contributed by atoms with Gasteiger partial charge in [-0.05, 0) is 36.2 Å². The van der Waals surface area contributed by atoms with Crippen LogP contribution in [0.4, 0.5) is 8.78 Å². The van der Waals surface area contributed by atoms with Gasteiger partial charge in [0.05, 0.1) is 0 Å². The Kier molecular flexibility index (Phi) is 2.60. The van der Waals surface area contributed by atoms with Crippen molar-refractivity contribution in [2.45, 2.75) is 6.92 Å². The zero-order valence-electron chi connectivity index (χ0n) is 8.67. The van der Waals surface area contributed by atoms with Crippen LogP contribution in [0.15, 0.2) is 36.4 Å². The molecule has 0 saturated heterocycles. The number of aromatic hydroxyl groups is 1. The second kappa shape index (κ2) is 3.93. The van der Waals surface area contributed by atoms with E-state index in [0.29, 0.717) is 11.1 Å². The zero-order valence-corrected chi connectivity index (χ0v) is 8.67. The summed E-state index contributed by atoms with van der Waals surface area (Å²) < 4.78 is 26.5. The van der Waals surface area contributed by atoms with Crippen molar-refractivity contribution in [3.63, 3.8) is 0 Å². The molecule has 0 aliphatic rings. The number of hydrogen-bond donors (Lipinski definition) is 1. The molecule has 2 aromatic carbocycles. The number of hydrogen-bond acceptors (Lipinski definition) is 1. The van der Waals surface area contributed by atoms with Crippen LogP contribution in [0.5, 0.6) is 5.75 Å². The van der Waals surface area contributed by atoms with Crippen LogP contribution in [-0.2, 0) is 0 Å². The quantitative estimate of drug-likeness (QED) is 0.777. The third-order valence-electron chi connectivity index (χ3n) is 2.46. The predicted molar refractivity (Wildman–Crippen MR) is 58.2 cm³/mol. The van der Waals surface area contributed by atoms with Crippen molar-refractivity contribution in [1.82, 2.24) is 0 Å². The fraction of sp³-hybridized carbons (Fsp3) is 0.0769. The molecule has 0 fully saturated rings. The molecule has 3 heteroatoms. The summed E-state index contributed by atoms with van der Waals surface area (Å²) in [5.41, 5.74) is 1.37. The van der Waals surface area contributed by atoms with E-state index in [2.05, 4.69) is 0 Å². The molecule has 0 atom stereocenters. The van der Waals surface area contributed by atoms with Gasteiger partial charge < -0.3 is 5.11 Å². The first-order chi connectivity index (χ1) is 7.59. The van der Waals surface area contributed by atoms with Gasteiger partial charge in [-0.15, -0.1) is 0 Å². The molecule has 1 N–H and O–H groups in total. The van der Waals surface area contributed by atoms with Gasteiger partial charge in [0.15, 0.2) is 11.6 Å². The summed E-state index contributed by atoms with van der Waals surface area (Å²) in [6.07, 6.45) is 0. The topological polar surface area (TPSA) is 20.2 Å². The number of phenolic OH excluding ortho intramolecular Hbond substituents is 1. The second-order valence-corrected chi connectivity index (χ2v) is 3.60. The molecule has 0 aromatic heterocycles. The van der Waals surface area contributed by atoms with Crippen LogP contribution in [0, 0.1) is 18.6 Å². The fourth-order valence-electron chi connectivity index (χ4n) is 1.55. The van der Waals surface area contributed by atoms with Crippen molar-refractivity contribution in [1.29, 1.82) is 0 Å². The summed E-state index contributed by atoms with van der Waals surface area (Å²) in [4.78, 5) is 0. The van der Waals surface area contributed by atoms with E-state index in [1.54, 1.807) is 19.1 Å². The van der Waals surface area contributed by atoms with Crippen LogP contribution in [-0.4, -0.2) is 5.11 Å². The normalized spacial score (nSPS) is 10.4. The van der Waals surface area contributed by atoms with E-state index in [1.165, 1.54) is 18.2 Å². The van der Waals surface area contributed by atoms with Crippen molar-refractivity contribution < 1.29 is 13.9 Å². The Bertz CT molecular complexity index is 535. The van der Waals surface area contributed by atoms with E-state index in [0.717, 1.165) is 6.07 Å². The molecule has 0 spiro atoms. The number of phenols is 1. The maximum atomic E-state index is 13.5. The first-order valence-corrected chi connectivity index (χ1v) is 4.83. The number of rotatable bonds is 1. The zero-order chi connectivity index (χ0) is 11.7. The summed E-state index contributed by atoms with van der Waals surface area (Å²) in [5.74, 6) is -1.60. The minimum atomic E-state index is -0.872.